The minimum absolute atomic E-state index is 0.418. The van der Waals surface area contributed by atoms with Gasteiger partial charge in [-0.25, -0.2) is 0 Å². The number of anilines is 2. The van der Waals surface area contributed by atoms with Crippen molar-refractivity contribution < 1.29 is 0 Å². The molecule has 4 heteroatoms. The van der Waals surface area contributed by atoms with Gasteiger partial charge in [-0.2, -0.15) is 0 Å². The average molecular weight is 302 g/mol. The Labute approximate surface area is 129 Å². The SMILES string of the molecule is CSc1cccc(Nc2ccc(C)c(C)c2)c1C(N)=S. The summed E-state index contributed by atoms with van der Waals surface area (Å²) >= 11 is 6.84. The highest BCUT2D eigenvalue weighted by Gasteiger charge is 2.10. The van der Waals surface area contributed by atoms with Crippen molar-refractivity contribution in [3.05, 3.63) is 53.1 Å². The Morgan fingerprint density at radius 3 is 2.50 bits per heavy atom. The molecule has 2 rings (SSSR count). The molecule has 3 N–H and O–H groups in total. The molecule has 0 heterocycles. The van der Waals surface area contributed by atoms with Crippen LogP contribution in [0.3, 0.4) is 0 Å². The number of aryl methyl sites for hydroxylation is 2. The fourth-order valence-corrected chi connectivity index (χ4v) is 2.96. The lowest BCUT2D eigenvalue weighted by Crippen LogP contribution is -2.13. The van der Waals surface area contributed by atoms with E-state index in [4.69, 9.17) is 18.0 Å². The lowest BCUT2D eigenvalue weighted by Gasteiger charge is -2.15. The van der Waals surface area contributed by atoms with E-state index in [9.17, 15) is 0 Å². The minimum Gasteiger partial charge on any atom is -0.389 e. The van der Waals surface area contributed by atoms with Crippen LogP contribution in [-0.2, 0) is 0 Å². The number of thioether (sulfide) groups is 1. The summed E-state index contributed by atoms with van der Waals surface area (Å²) in [5.74, 6) is 0. The Morgan fingerprint density at radius 2 is 1.90 bits per heavy atom. The van der Waals surface area contributed by atoms with Gasteiger partial charge in [-0.1, -0.05) is 24.4 Å². The van der Waals surface area contributed by atoms with E-state index in [1.54, 1.807) is 11.8 Å². The van der Waals surface area contributed by atoms with Crippen molar-refractivity contribution in [3.63, 3.8) is 0 Å². The molecule has 104 valence electrons. The van der Waals surface area contributed by atoms with Crippen LogP contribution in [0.4, 0.5) is 11.4 Å². The Bertz CT molecular complexity index is 651. The zero-order valence-corrected chi connectivity index (χ0v) is 13.5. The largest absolute Gasteiger partial charge is 0.389 e. The fraction of sp³-hybridized carbons (Fsp3) is 0.188. The summed E-state index contributed by atoms with van der Waals surface area (Å²) in [7, 11) is 0. The molecule has 0 atom stereocenters. The molecule has 2 nitrogen and oxygen atoms in total. The lowest BCUT2D eigenvalue weighted by atomic mass is 10.1. The van der Waals surface area contributed by atoms with Gasteiger partial charge in [0.25, 0.3) is 0 Å². The van der Waals surface area contributed by atoms with E-state index >= 15 is 0 Å². The molecule has 0 amide bonds. The van der Waals surface area contributed by atoms with Crippen molar-refractivity contribution >= 4 is 40.3 Å². The van der Waals surface area contributed by atoms with Crippen LogP contribution in [0.1, 0.15) is 16.7 Å². The Kier molecular flexibility index (Phi) is 4.68. The normalized spacial score (nSPS) is 10.3. The lowest BCUT2D eigenvalue weighted by molar-refractivity contribution is 1.33. The highest BCUT2D eigenvalue weighted by atomic mass is 32.2. The third kappa shape index (κ3) is 3.14. The fourth-order valence-electron chi connectivity index (χ4n) is 2.03. The molecule has 0 spiro atoms. The van der Waals surface area contributed by atoms with Crippen molar-refractivity contribution in [1.29, 1.82) is 0 Å². The van der Waals surface area contributed by atoms with Gasteiger partial charge in [0.15, 0.2) is 0 Å². The van der Waals surface area contributed by atoms with Gasteiger partial charge in [0, 0.05) is 21.8 Å². The summed E-state index contributed by atoms with van der Waals surface area (Å²) in [6.07, 6.45) is 2.02. The first-order valence-corrected chi connectivity index (χ1v) is 7.97. The van der Waals surface area contributed by atoms with E-state index in [2.05, 4.69) is 37.4 Å². The first-order valence-electron chi connectivity index (χ1n) is 6.34. The topological polar surface area (TPSA) is 38.0 Å². The smallest absolute Gasteiger partial charge is 0.107 e. The molecule has 20 heavy (non-hydrogen) atoms. The summed E-state index contributed by atoms with van der Waals surface area (Å²) in [6, 6.07) is 12.4. The Balaban J connectivity index is 2.42. The molecule has 0 bridgehead atoms. The number of hydrogen-bond donors (Lipinski definition) is 2. The molecule has 0 aliphatic rings. The highest BCUT2D eigenvalue weighted by molar-refractivity contribution is 7.98. The highest BCUT2D eigenvalue weighted by Crippen LogP contribution is 2.29. The number of nitrogens with two attached hydrogens (primary N) is 1. The number of thiocarbonyl (C=S) groups is 1. The van der Waals surface area contributed by atoms with Gasteiger partial charge in [0.2, 0.25) is 0 Å². The predicted molar refractivity (Wildman–Crippen MR) is 93.3 cm³/mol. The number of rotatable bonds is 4. The van der Waals surface area contributed by atoms with Gasteiger partial charge in [0.1, 0.15) is 4.99 Å². The first kappa shape index (κ1) is 14.9. The van der Waals surface area contributed by atoms with Gasteiger partial charge in [-0.15, -0.1) is 11.8 Å². The second-order valence-corrected chi connectivity index (χ2v) is 5.96. The van der Waals surface area contributed by atoms with Crippen LogP contribution in [0, 0.1) is 13.8 Å². The standard InChI is InChI=1S/C16H18N2S2/c1-10-7-8-12(9-11(10)2)18-13-5-4-6-14(20-3)15(13)16(17)19/h4-9,18H,1-3H3,(H2,17,19). The molecule has 0 fully saturated rings. The van der Waals surface area contributed by atoms with Gasteiger partial charge in [-0.3, -0.25) is 0 Å². The molecule has 0 saturated carbocycles. The van der Waals surface area contributed by atoms with E-state index in [-0.39, 0.29) is 0 Å². The van der Waals surface area contributed by atoms with Crippen molar-refractivity contribution in [2.24, 2.45) is 5.73 Å². The van der Waals surface area contributed by atoms with Crippen LogP contribution in [-0.4, -0.2) is 11.2 Å². The monoisotopic (exact) mass is 302 g/mol. The third-order valence-corrected chi connectivity index (χ3v) is 4.26. The maximum Gasteiger partial charge on any atom is 0.107 e. The summed E-state index contributed by atoms with van der Waals surface area (Å²) < 4.78 is 0. The zero-order valence-electron chi connectivity index (χ0n) is 11.9. The van der Waals surface area contributed by atoms with Gasteiger partial charge in [-0.05, 0) is 55.5 Å². The molecular formula is C16H18N2S2. The Morgan fingerprint density at radius 1 is 1.15 bits per heavy atom. The molecule has 0 aromatic heterocycles. The first-order chi connectivity index (χ1) is 9.52. The molecule has 0 aliphatic heterocycles. The maximum atomic E-state index is 5.88. The zero-order chi connectivity index (χ0) is 14.7. The molecule has 0 saturated heterocycles. The van der Waals surface area contributed by atoms with Crippen LogP contribution in [0.25, 0.3) is 0 Å². The predicted octanol–water partition coefficient (Wildman–Crippen LogP) is 4.40. The summed E-state index contributed by atoms with van der Waals surface area (Å²) in [5.41, 5.74) is 11.3. The van der Waals surface area contributed by atoms with Crippen LogP contribution in [0.5, 0.6) is 0 Å². The van der Waals surface area contributed by atoms with Crippen LogP contribution < -0.4 is 11.1 Å². The summed E-state index contributed by atoms with van der Waals surface area (Å²) in [4.78, 5) is 1.51. The van der Waals surface area contributed by atoms with Crippen molar-refractivity contribution in [3.8, 4) is 0 Å². The molecule has 2 aromatic rings. The van der Waals surface area contributed by atoms with Crippen molar-refractivity contribution in [2.75, 3.05) is 11.6 Å². The average Bonchev–Trinajstić information content (AvgIpc) is 2.42. The van der Waals surface area contributed by atoms with E-state index in [1.165, 1.54) is 11.1 Å². The number of hydrogen-bond acceptors (Lipinski definition) is 3. The number of benzene rings is 2. The molecule has 0 unspecified atom stereocenters. The van der Waals surface area contributed by atoms with E-state index in [0.29, 0.717) is 4.99 Å². The minimum atomic E-state index is 0.418. The van der Waals surface area contributed by atoms with E-state index in [1.807, 2.05) is 24.5 Å². The maximum absolute atomic E-state index is 5.88. The quantitative estimate of drug-likeness (QED) is 0.648. The molecule has 2 aromatic carbocycles. The van der Waals surface area contributed by atoms with E-state index < -0.39 is 0 Å². The number of nitrogens with one attached hydrogen (secondary N) is 1. The molecule has 0 aliphatic carbocycles. The van der Waals surface area contributed by atoms with Crippen LogP contribution in [0.15, 0.2) is 41.3 Å². The van der Waals surface area contributed by atoms with Crippen molar-refractivity contribution in [2.45, 2.75) is 18.7 Å². The van der Waals surface area contributed by atoms with E-state index in [0.717, 1.165) is 21.8 Å². The summed E-state index contributed by atoms with van der Waals surface area (Å²) in [6.45, 7) is 4.21. The molecule has 0 radical (unpaired) electrons. The Hall–Kier alpha value is -1.52. The van der Waals surface area contributed by atoms with Crippen LogP contribution in [0.2, 0.25) is 0 Å². The van der Waals surface area contributed by atoms with Gasteiger partial charge in [0.05, 0.1) is 0 Å². The second kappa shape index (κ2) is 6.29. The molecular weight excluding hydrogens is 284 g/mol. The summed E-state index contributed by atoms with van der Waals surface area (Å²) in [5, 5.41) is 3.42. The second-order valence-electron chi connectivity index (χ2n) is 4.67. The van der Waals surface area contributed by atoms with Gasteiger partial charge >= 0.3 is 0 Å². The van der Waals surface area contributed by atoms with Crippen molar-refractivity contribution in [1.82, 2.24) is 0 Å². The third-order valence-electron chi connectivity index (χ3n) is 3.28. The van der Waals surface area contributed by atoms with Crippen LogP contribution >= 0.6 is 24.0 Å². The van der Waals surface area contributed by atoms with Gasteiger partial charge < -0.3 is 11.1 Å².